The first kappa shape index (κ1) is 23.6. The van der Waals surface area contributed by atoms with Gasteiger partial charge in [0.15, 0.2) is 0 Å². The summed E-state index contributed by atoms with van der Waals surface area (Å²) in [6, 6.07) is 24.1. The molecule has 182 valence electrons. The first-order valence-electron chi connectivity index (χ1n) is 11.7. The highest BCUT2D eigenvalue weighted by atomic mass is 35.5. The number of amides is 3. The number of nitrogens with zero attached hydrogens (tertiary/aromatic N) is 3. The predicted octanol–water partition coefficient (Wildman–Crippen LogP) is 4.39. The van der Waals surface area contributed by atoms with Gasteiger partial charge in [0.05, 0.1) is 5.69 Å². The SMILES string of the molecule is Cc1ccccc1N1C(=O)C(Cl)=C(Nc2ccc(C(=O)N3CCN(c4ccccc4)CC3)cc2)C1=O. The van der Waals surface area contributed by atoms with Crippen molar-refractivity contribution in [2.45, 2.75) is 6.92 Å². The van der Waals surface area contributed by atoms with Crippen LogP contribution in [-0.2, 0) is 9.59 Å². The summed E-state index contributed by atoms with van der Waals surface area (Å²) in [6.45, 7) is 4.65. The zero-order chi connectivity index (χ0) is 25.2. The molecule has 3 amide bonds. The number of halogens is 1. The van der Waals surface area contributed by atoms with Crippen molar-refractivity contribution in [2.24, 2.45) is 0 Å². The Bertz CT molecular complexity index is 1350. The van der Waals surface area contributed by atoms with E-state index >= 15 is 0 Å². The lowest BCUT2D eigenvalue weighted by Gasteiger charge is -2.36. The molecule has 0 unspecified atom stereocenters. The monoisotopic (exact) mass is 500 g/mol. The third-order valence-electron chi connectivity index (χ3n) is 6.47. The van der Waals surface area contributed by atoms with Crippen molar-refractivity contribution >= 4 is 46.4 Å². The zero-order valence-corrected chi connectivity index (χ0v) is 20.5. The fraction of sp³-hybridized carbons (Fsp3) is 0.179. The average molecular weight is 501 g/mol. The standard InChI is InChI=1S/C28H25ClN4O3/c1-19-7-5-6-10-23(19)33-27(35)24(29)25(28(33)36)30-21-13-11-20(12-14-21)26(34)32-17-15-31(16-18-32)22-8-3-2-4-9-22/h2-14,30H,15-18H2,1H3. The van der Waals surface area contributed by atoms with Gasteiger partial charge in [0.2, 0.25) is 0 Å². The quantitative estimate of drug-likeness (QED) is 0.526. The van der Waals surface area contributed by atoms with Crippen molar-refractivity contribution in [1.82, 2.24) is 4.90 Å². The molecule has 2 aliphatic rings. The van der Waals surface area contributed by atoms with E-state index in [-0.39, 0.29) is 16.6 Å². The number of nitrogens with one attached hydrogen (secondary N) is 1. The van der Waals surface area contributed by atoms with Crippen LogP contribution in [0.25, 0.3) is 0 Å². The van der Waals surface area contributed by atoms with E-state index in [1.807, 2.05) is 42.2 Å². The maximum Gasteiger partial charge on any atom is 0.283 e. The molecule has 3 aromatic rings. The van der Waals surface area contributed by atoms with Crippen LogP contribution < -0.4 is 15.1 Å². The Morgan fingerprint density at radius 2 is 1.44 bits per heavy atom. The number of anilines is 3. The summed E-state index contributed by atoms with van der Waals surface area (Å²) in [5.41, 5.74) is 3.58. The zero-order valence-electron chi connectivity index (χ0n) is 19.8. The third kappa shape index (κ3) is 4.45. The van der Waals surface area contributed by atoms with E-state index in [0.717, 1.165) is 29.2 Å². The lowest BCUT2D eigenvalue weighted by atomic mass is 10.1. The van der Waals surface area contributed by atoms with Gasteiger partial charge in [-0.15, -0.1) is 0 Å². The number of hydrogen-bond donors (Lipinski definition) is 1. The Labute approximate surface area is 214 Å². The van der Waals surface area contributed by atoms with E-state index in [1.165, 1.54) is 0 Å². The number of para-hydroxylation sites is 2. The third-order valence-corrected chi connectivity index (χ3v) is 6.82. The highest BCUT2D eigenvalue weighted by molar-refractivity contribution is 6.53. The van der Waals surface area contributed by atoms with Crippen molar-refractivity contribution in [3.05, 3.63) is 101 Å². The fourth-order valence-electron chi connectivity index (χ4n) is 4.47. The molecule has 3 aromatic carbocycles. The van der Waals surface area contributed by atoms with Gasteiger partial charge < -0.3 is 15.1 Å². The van der Waals surface area contributed by atoms with E-state index in [4.69, 9.17) is 11.6 Å². The summed E-state index contributed by atoms with van der Waals surface area (Å²) in [4.78, 5) is 44.0. The van der Waals surface area contributed by atoms with Gasteiger partial charge in [0.1, 0.15) is 10.7 Å². The number of carbonyl (C=O) groups excluding carboxylic acids is 3. The Hall–Kier alpha value is -4.10. The minimum Gasteiger partial charge on any atom is -0.368 e. The molecule has 2 heterocycles. The lowest BCUT2D eigenvalue weighted by molar-refractivity contribution is -0.120. The summed E-state index contributed by atoms with van der Waals surface area (Å²) in [7, 11) is 0. The number of imide groups is 1. The number of hydrogen-bond acceptors (Lipinski definition) is 5. The summed E-state index contributed by atoms with van der Waals surface area (Å²) < 4.78 is 0. The molecule has 1 fully saturated rings. The summed E-state index contributed by atoms with van der Waals surface area (Å²) >= 11 is 6.25. The fourth-order valence-corrected chi connectivity index (χ4v) is 4.69. The molecule has 7 nitrogen and oxygen atoms in total. The minimum absolute atomic E-state index is 0.0148. The molecular weight excluding hydrogens is 476 g/mol. The highest BCUT2D eigenvalue weighted by Crippen LogP contribution is 2.32. The highest BCUT2D eigenvalue weighted by Gasteiger charge is 2.39. The lowest BCUT2D eigenvalue weighted by Crippen LogP contribution is -2.48. The Morgan fingerprint density at radius 3 is 2.11 bits per heavy atom. The molecule has 1 N–H and O–H groups in total. The van der Waals surface area contributed by atoms with Crippen LogP contribution in [0.5, 0.6) is 0 Å². The largest absolute Gasteiger partial charge is 0.368 e. The van der Waals surface area contributed by atoms with Gasteiger partial charge in [0.25, 0.3) is 17.7 Å². The van der Waals surface area contributed by atoms with E-state index in [2.05, 4.69) is 22.3 Å². The van der Waals surface area contributed by atoms with Crippen LogP contribution in [-0.4, -0.2) is 48.8 Å². The van der Waals surface area contributed by atoms with Crippen molar-refractivity contribution in [3.8, 4) is 0 Å². The van der Waals surface area contributed by atoms with Gasteiger partial charge in [-0.25, -0.2) is 4.90 Å². The molecule has 0 spiro atoms. The minimum atomic E-state index is -0.570. The van der Waals surface area contributed by atoms with Crippen LogP contribution in [0.4, 0.5) is 17.1 Å². The first-order chi connectivity index (χ1) is 17.4. The van der Waals surface area contributed by atoms with Gasteiger partial charge in [-0.05, 0) is 55.0 Å². The number of rotatable bonds is 5. The van der Waals surface area contributed by atoms with Crippen LogP contribution in [0.15, 0.2) is 89.6 Å². The maximum atomic E-state index is 13.0. The second-order valence-electron chi connectivity index (χ2n) is 8.74. The van der Waals surface area contributed by atoms with E-state index in [9.17, 15) is 14.4 Å². The molecule has 1 saturated heterocycles. The molecule has 5 rings (SSSR count). The van der Waals surface area contributed by atoms with E-state index < -0.39 is 11.8 Å². The maximum absolute atomic E-state index is 13.0. The number of piperazine rings is 1. The molecule has 0 radical (unpaired) electrons. The Morgan fingerprint density at radius 1 is 0.806 bits per heavy atom. The van der Waals surface area contributed by atoms with Crippen molar-refractivity contribution in [3.63, 3.8) is 0 Å². The smallest absolute Gasteiger partial charge is 0.283 e. The summed E-state index contributed by atoms with van der Waals surface area (Å²) in [6.07, 6.45) is 0. The molecule has 2 aliphatic heterocycles. The van der Waals surface area contributed by atoms with Crippen LogP contribution in [0.3, 0.4) is 0 Å². The molecule has 36 heavy (non-hydrogen) atoms. The molecule has 8 heteroatoms. The summed E-state index contributed by atoms with van der Waals surface area (Å²) in [5, 5.41) is 2.80. The van der Waals surface area contributed by atoms with Gasteiger partial charge >= 0.3 is 0 Å². The van der Waals surface area contributed by atoms with Gasteiger partial charge in [0, 0.05) is 43.1 Å². The van der Waals surface area contributed by atoms with Crippen molar-refractivity contribution in [1.29, 1.82) is 0 Å². The molecule has 0 bridgehead atoms. The van der Waals surface area contributed by atoms with Crippen molar-refractivity contribution in [2.75, 3.05) is 41.3 Å². The second-order valence-corrected chi connectivity index (χ2v) is 9.12. The van der Waals surface area contributed by atoms with Gasteiger partial charge in [-0.1, -0.05) is 48.0 Å². The number of carbonyl (C=O) groups is 3. The topological polar surface area (TPSA) is 73.0 Å². The molecule has 0 saturated carbocycles. The van der Waals surface area contributed by atoms with Crippen LogP contribution in [0.1, 0.15) is 15.9 Å². The Balaban J connectivity index is 1.24. The number of benzene rings is 3. The van der Waals surface area contributed by atoms with Gasteiger partial charge in [-0.3, -0.25) is 14.4 Å². The number of aryl methyl sites for hydroxylation is 1. The van der Waals surface area contributed by atoms with Crippen LogP contribution >= 0.6 is 11.6 Å². The predicted molar refractivity (Wildman–Crippen MR) is 141 cm³/mol. The van der Waals surface area contributed by atoms with Crippen LogP contribution in [0, 0.1) is 6.92 Å². The molecule has 0 aliphatic carbocycles. The molecular formula is C28H25ClN4O3. The normalized spacial score (nSPS) is 16.1. The van der Waals surface area contributed by atoms with Crippen LogP contribution in [0.2, 0.25) is 0 Å². The molecule has 0 aromatic heterocycles. The Kier molecular flexibility index (Phi) is 6.48. The summed E-state index contributed by atoms with van der Waals surface area (Å²) in [5.74, 6) is -1.12. The first-order valence-corrected chi connectivity index (χ1v) is 12.1. The van der Waals surface area contributed by atoms with E-state index in [0.29, 0.717) is 30.0 Å². The van der Waals surface area contributed by atoms with Crippen molar-refractivity contribution < 1.29 is 14.4 Å². The second kappa shape index (κ2) is 9.87. The average Bonchev–Trinajstić information content (AvgIpc) is 3.12. The van der Waals surface area contributed by atoms with E-state index in [1.54, 1.807) is 36.4 Å². The van der Waals surface area contributed by atoms with Gasteiger partial charge in [-0.2, -0.15) is 0 Å². The molecule has 0 atom stereocenters.